The van der Waals surface area contributed by atoms with Crippen LogP contribution >= 0.6 is 0 Å². The largest absolute Gasteiger partial charge is 0.381 e. The molecule has 0 saturated heterocycles. The predicted molar refractivity (Wildman–Crippen MR) is 75.3 cm³/mol. The summed E-state index contributed by atoms with van der Waals surface area (Å²) in [7, 11) is 1.84. The summed E-state index contributed by atoms with van der Waals surface area (Å²) in [4.78, 5) is 11.6. The molecular weight excluding hydrogens is 244 g/mol. The van der Waals surface area contributed by atoms with Crippen molar-refractivity contribution in [3.05, 3.63) is 11.8 Å². The van der Waals surface area contributed by atoms with Gasteiger partial charge in [0, 0.05) is 38.6 Å². The number of nitrogens with one attached hydrogen (secondary N) is 2. The number of carbonyl (C=O) groups excluding carboxylic acids is 1. The second kappa shape index (κ2) is 8.53. The number of carbonyl (C=O) groups is 1. The van der Waals surface area contributed by atoms with E-state index in [4.69, 9.17) is 4.74 Å². The first-order valence-electron chi connectivity index (χ1n) is 6.76. The molecule has 1 aromatic heterocycles. The molecule has 0 unspecified atom stereocenters. The molecule has 19 heavy (non-hydrogen) atoms. The molecule has 6 nitrogen and oxygen atoms in total. The number of hydrogen-bond acceptors (Lipinski definition) is 3. The molecule has 0 radical (unpaired) electrons. The van der Waals surface area contributed by atoms with Gasteiger partial charge in [0.1, 0.15) is 0 Å². The normalized spacial score (nSPS) is 10.5. The Bertz CT molecular complexity index is 370. The molecule has 108 valence electrons. The fraction of sp³-hybridized carbons (Fsp3) is 0.692. The minimum absolute atomic E-state index is 0.230. The Kier molecular flexibility index (Phi) is 6.95. The molecule has 0 aromatic carbocycles. The van der Waals surface area contributed by atoms with Crippen LogP contribution in [0, 0.1) is 6.92 Å². The van der Waals surface area contributed by atoms with Gasteiger partial charge in [-0.3, -0.25) is 10.00 Å². The van der Waals surface area contributed by atoms with E-state index in [0.717, 1.165) is 31.6 Å². The lowest BCUT2D eigenvalue weighted by atomic mass is 10.4. The number of aromatic nitrogens is 2. The van der Waals surface area contributed by atoms with Gasteiger partial charge in [-0.05, 0) is 19.8 Å². The summed E-state index contributed by atoms with van der Waals surface area (Å²) in [5, 5.41) is 9.61. The first-order chi connectivity index (χ1) is 9.13. The highest BCUT2D eigenvalue weighted by Crippen LogP contribution is 2.05. The number of aryl methyl sites for hydroxylation is 2. The van der Waals surface area contributed by atoms with Crippen molar-refractivity contribution >= 4 is 11.8 Å². The van der Waals surface area contributed by atoms with E-state index in [-0.39, 0.29) is 6.03 Å². The van der Waals surface area contributed by atoms with Crippen LogP contribution in [0.1, 0.15) is 31.9 Å². The number of ether oxygens (including phenoxy) is 1. The van der Waals surface area contributed by atoms with Crippen LogP contribution in [0.3, 0.4) is 0 Å². The van der Waals surface area contributed by atoms with Gasteiger partial charge in [0.05, 0.1) is 0 Å². The van der Waals surface area contributed by atoms with Crippen LogP contribution in [0.5, 0.6) is 0 Å². The maximum Gasteiger partial charge on any atom is 0.320 e. The van der Waals surface area contributed by atoms with E-state index in [1.54, 1.807) is 4.68 Å². The van der Waals surface area contributed by atoms with Crippen LogP contribution in [0.2, 0.25) is 0 Å². The fourth-order valence-electron chi connectivity index (χ4n) is 1.51. The van der Waals surface area contributed by atoms with Crippen molar-refractivity contribution in [3.8, 4) is 0 Å². The molecule has 2 amide bonds. The van der Waals surface area contributed by atoms with Crippen molar-refractivity contribution in [2.24, 2.45) is 7.05 Å². The number of nitrogens with zero attached hydrogens (tertiary/aromatic N) is 2. The van der Waals surface area contributed by atoms with E-state index in [0.29, 0.717) is 19.0 Å². The summed E-state index contributed by atoms with van der Waals surface area (Å²) in [5.41, 5.74) is 1.000. The van der Waals surface area contributed by atoms with E-state index in [1.807, 2.05) is 20.0 Å². The summed E-state index contributed by atoms with van der Waals surface area (Å²) < 4.78 is 7.13. The zero-order valence-electron chi connectivity index (χ0n) is 12.0. The van der Waals surface area contributed by atoms with Gasteiger partial charge in [-0.25, -0.2) is 4.79 Å². The van der Waals surface area contributed by atoms with Gasteiger partial charge in [-0.15, -0.1) is 0 Å². The molecule has 0 atom stereocenters. The van der Waals surface area contributed by atoms with Crippen LogP contribution in [0.25, 0.3) is 0 Å². The van der Waals surface area contributed by atoms with Crippen molar-refractivity contribution in [1.29, 1.82) is 0 Å². The van der Waals surface area contributed by atoms with Crippen molar-refractivity contribution in [3.63, 3.8) is 0 Å². The Morgan fingerprint density at radius 1 is 1.42 bits per heavy atom. The first-order valence-corrected chi connectivity index (χ1v) is 6.76. The number of amides is 2. The van der Waals surface area contributed by atoms with Gasteiger partial charge in [0.2, 0.25) is 0 Å². The molecule has 6 heteroatoms. The van der Waals surface area contributed by atoms with Crippen molar-refractivity contribution < 1.29 is 9.53 Å². The zero-order valence-corrected chi connectivity index (χ0v) is 12.0. The number of unbranched alkanes of at least 4 members (excludes halogenated alkanes) is 1. The molecule has 0 fully saturated rings. The molecular formula is C13H24N4O2. The Hall–Kier alpha value is -1.56. The summed E-state index contributed by atoms with van der Waals surface area (Å²) in [6, 6.07) is 1.60. The number of rotatable bonds is 8. The Morgan fingerprint density at radius 2 is 2.16 bits per heavy atom. The minimum atomic E-state index is -0.230. The average Bonchev–Trinajstić information content (AvgIpc) is 2.67. The van der Waals surface area contributed by atoms with Crippen LogP contribution in [0.15, 0.2) is 6.07 Å². The summed E-state index contributed by atoms with van der Waals surface area (Å²) in [6.45, 7) is 6.15. The lowest BCUT2D eigenvalue weighted by Gasteiger charge is -2.06. The molecule has 0 aliphatic carbocycles. The fourth-order valence-corrected chi connectivity index (χ4v) is 1.51. The molecule has 1 rings (SSSR count). The highest BCUT2D eigenvalue weighted by Gasteiger charge is 2.05. The molecule has 1 heterocycles. The van der Waals surface area contributed by atoms with Gasteiger partial charge in [0.15, 0.2) is 5.82 Å². The summed E-state index contributed by atoms with van der Waals surface area (Å²) >= 11 is 0. The topological polar surface area (TPSA) is 68.2 Å². The van der Waals surface area contributed by atoms with Crippen molar-refractivity contribution in [2.45, 2.75) is 33.1 Å². The Labute approximate surface area is 114 Å². The van der Waals surface area contributed by atoms with E-state index in [9.17, 15) is 4.79 Å². The number of urea groups is 1. The molecule has 0 bridgehead atoms. The third-order valence-corrected chi connectivity index (χ3v) is 2.75. The van der Waals surface area contributed by atoms with Gasteiger partial charge < -0.3 is 10.1 Å². The molecule has 0 aliphatic rings. The van der Waals surface area contributed by atoms with Crippen LogP contribution in [0.4, 0.5) is 10.6 Å². The maximum atomic E-state index is 11.6. The number of anilines is 1. The summed E-state index contributed by atoms with van der Waals surface area (Å²) in [5.74, 6) is 0.566. The van der Waals surface area contributed by atoms with Crippen LogP contribution in [-0.4, -0.2) is 35.6 Å². The second-order valence-electron chi connectivity index (χ2n) is 4.49. The Morgan fingerprint density at radius 3 is 2.79 bits per heavy atom. The highest BCUT2D eigenvalue weighted by atomic mass is 16.5. The smallest absolute Gasteiger partial charge is 0.320 e. The quantitative estimate of drug-likeness (QED) is 0.709. The standard InChI is InChI=1S/C13H24N4O2/c1-4-5-8-19-9-6-7-14-13(18)15-12-10-11(2)17(3)16-12/h10H,4-9H2,1-3H3,(H2,14,15,16,18). The predicted octanol–water partition coefficient (Wildman–Crippen LogP) is 2.06. The molecule has 1 aromatic rings. The van der Waals surface area contributed by atoms with Crippen molar-refractivity contribution in [1.82, 2.24) is 15.1 Å². The monoisotopic (exact) mass is 268 g/mol. The van der Waals surface area contributed by atoms with E-state index >= 15 is 0 Å². The third kappa shape index (κ3) is 6.24. The van der Waals surface area contributed by atoms with Crippen LogP contribution in [-0.2, 0) is 11.8 Å². The van der Waals surface area contributed by atoms with E-state index < -0.39 is 0 Å². The second-order valence-corrected chi connectivity index (χ2v) is 4.49. The van der Waals surface area contributed by atoms with Crippen molar-refractivity contribution in [2.75, 3.05) is 25.1 Å². The Balaban J connectivity index is 2.08. The van der Waals surface area contributed by atoms with Gasteiger partial charge in [-0.2, -0.15) is 5.10 Å². The number of hydrogen-bond donors (Lipinski definition) is 2. The van der Waals surface area contributed by atoms with Gasteiger partial charge >= 0.3 is 6.03 Å². The lowest BCUT2D eigenvalue weighted by molar-refractivity contribution is 0.129. The maximum absolute atomic E-state index is 11.6. The van der Waals surface area contributed by atoms with E-state index in [2.05, 4.69) is 22.7 Å². The minimum Gasteiger partial charge on any atom is -0.381 e. The average molecular weight is 268 g/mol. The molecule has 2 N–H and O–H groups in total. The molecule has 0 saturated carbocycles. The highest BCUT2D eigenvalue weighted by molar-refractivity contribution is 5.88. The lowest BCUT2D eigenvalue weighted by Crippen LogP contribution is -2.30. The van der Waals surface area contributed by atoms with E-state index in [1.165, 1.54) is 0 Å². The third-order valence-electron chi connectivity index (χ3n) is 2.75. The first kappa shape index (κ1) is 15.5. The molecule has 0 aliphatic heterocycles. The SMILES string of the molecule is CCCCOCCCNC(=O)Nc1cc(C)n(C)n1. The van der Waals surface area contributed by atoms with Gasteiger partial charge in [0.25, 0.3) is 0 Å². The van der Waals surface area contributed by atoms with Gasteiger partial charge in [-0.1, -0.05) is 13.3 Å². The van der Waals surface area contributed by atoms with Crippen LogP contribution < -0.4 is 10.6 Å². The summed E-state index contributed by atoms with van der Waals surface area (Å²) in [6.07, 6.45) is 3.05. The zero-order chi connectivity index (χ0) is 14.1. The molecule has 0 spiro atoms.